The lowest BCUT2D eigenvalue weighted by atomic mass is 10.0. The standard InChI is InChI=1S/C32H30F3N3O4/c1-21(18-29(39)42-20-23-6-3-2-4-7-23)30(40)38-28(15-11-22-9-12-25(13-10-22)32(33,34)35)31(41)37-26-14-16-27-24(19-26)8-5-17-36-27/h2-10,12-14,16-17,19,21,28H,11,15,18,20H2,1H3,(H,37,41)(H,38,40). The first-order valence-electron chi connectivity index (χ1n) is 13.4. The van der Waals surface area contributed by atoms with Crippen molar-refractivity contribution >= 4 is 34.4 Å². The minimum absolute atomic E-state index is 0.0768. The van der Waals surface area contributed by atoms with E-state index < -0.39 is 41.5 Å². The molecule has 3 aromatic carbocycles. The number of halogens is 3. The molecule has 218 valence electrons. The Hall–Kier alpha value is -4.73. The first kappa shape index (κ1) is 30.2. The lowest BCUT2D eigenvalue weighted by molar-refractivity contribution is -0.148. The number of alkyl halides is 3. The molecule has 0 saturated carbocycles. The van der Waals surface area contributed by atoms with Gasteiger partial charge in [0.05, 0.1) is 17.5 Å². The van der Waals surface area contributed by atoms with Gasteiger partial charge in [-0.05, 0) is 60.4 Å². The van der Waals surface area contributed by atoms with Crippen LogP contribution in [0.4, 0.5) is 18.9 Å². The summed E-state index contributed by atoms with van der Waals surface area (Å²) in [7, 11) is 0. The molecule has 4 aromatic rings. The number of aryl methyl sites for hydroxylation is 1. The Balaban J connectivity index is 1.41. The Morgan fingerprint density at radius 1 is 0.881 bits per heavy atom. The van der Waals surface area contributed by atoms with Crippen LogP contribution >= 0.6 is 0 Å². The van der Waals surface area contributed by atoms with Crippen molar-refractivity contribution in [1.29, 1.82) is 0 Å². The highest BCUT2D eigenvalue weighted by Crippen LogP contribution is 2.29. The van der Waals surface area contributed by atoms with Crippen LogP contribution in [0.1, 0.15) is 36.5 Å². The predicted octanol–water partition coefficient (Wildman–Crippen LogP) is 6.08. The number of amides is 2. The highest BCUT2D eigenvalue weighted by molar-refractivity contribution is 5.99. The number of nitrogens with one attached hydrogen (secondary N) is 2. The van der Waals surface area contributed by atoms with E-state index >= 15 is 0 Å². The first-order chi connectivity index (χ1) is 20.1. The molecular formula is C32H30F3N3O4. The molecule has 0 fully saturated rings. The monoisotopic (exact) mass is 577 g/mol. The Morgan fingerprint density at radius 2 is 1.62 bits per heavy atom. The van der Waals surface area contributed by atoms with Crippen molar-refractivity contribution in [3.63, 3.8) is 0 Å². The van der Waals surface area contributed by atoms with E-state index in [9.17, 15) is 27.6 Å². The summed E-state index contributed by atoms with van der Waals surface area (Å²) in [6.07, 6.45) is -2.65. The second-order valence-electron chi connectivity index (χ2n) is 9.95. The van der Waals surface area contributed by atoms with Gasteiger partial charge in [0.2, 0.25) is 11.8 Å². The molecular weight excluding hydrogens is 547 g/mol. The zero-order chi connectivity index (χ0) is 30.1. The average molecular weight is 578 g/mol. The van der Waals surface area contributed by atoms with Crippen LogP contribution < -0.4 is 10.6 Å². The summed E-state index contributed by atoms with van der Waals surface area (Å²) in [6, 6.07) is 21.6. The highest BCUT2D eigenvalue weighted by atomic mass is 19.4. The molecule has 10 heteroatoms. The van der Waals surface area contributed by atoms with Gasteiger partial charge in [-0.2, -0.15) is 13.2 Å². The number of fused-ring (bicyclic) bond motifs is 1. The molecule has 1 heterocycles. The number of anilines is 1. The van der Waals surface area contributed by atoms with E-state index in [1.165, 1.54) is 12.1 Å². The maximum atomic E-state index is 13.3. The number of rotatable bonds is 11. The van der Waals surface area contributed by atoms with E-state index in [-0.39, 0.29) is 25.9 Å². The lowest BCUT2D eigenvalue weighted by Gasteiger charge is -2.21. The van der Waals surface area contributed by atoms with Crippen LogP contribution in [0, 0.1) is 5.92 Å². The van der Waals surface area contributed by atoms with E-state index in [1.807, 2.05) is 36.4 Å². The molecule has 2 N–H and O–H groups in total. The van der Waals surface area contributed by atoms with Gasteiger partial charge < -0.3 is 15.4 Å². The molecule has 0 saturated heterocycles. The summed E-state index contributed by atoms with van der Waals surface area (Å²) in [4.78, 5) is 42.9. The number of carbonyl (C=O) groups excluding carboxylic acids is 3. The SMILES string of the molecule is CC(CC(=O)OCc1ccccc1)C(=O)NC(CCc1ccc(C(F)(F)F)cc1)C(=O)Nc1ccc2ncccc2c1. The fraction of sp³-hybridized carbons (Fsp3) is 0.250. The van der Waals surface area contributed by atoms with E-state index in [1.54, 1.807) is 37.4 Å². The Labute approximate surface area is 241 Å². The minimum Gasteiger partial charge on any atom is -0.461 e. The average Bonchev–Trinajstić information content (AvgIpc) is 2.98. The molecule has 1 aromatic heterocycles. The van der Waals surface area contributed by atoms with Crippen LogP contribution in [0.3, 0.4) is 0 Å². The van der Waals surface area contributed by atoms with Crippen molar-refractivity contribution in [1.82, 2.24) is 10.3 Å². The third kappa shape index (κ3) is 8.63. The zero-order valence-corrected chi connectivity index (χ0v) is 22.9. The van der Waals surface area contributed by atoms with Crippen molar-refractivity contribution in [3.05, 3.63) is 108 Å². The summed E-state index contributed by atoms with van der Waals surface area (Å²) in [5.41, 5.74) is 1.85. The summed E-state index contributed by atoms with van der Waals surface area (Å²) in [6.45, 7) is 1.63. The molecule has 0 aliphatic heterocycles. The van der Waals surface area contributed by atoms with Crippen LogP contribution in [-0.4, -0.2) is 28.8 Å². The maximum absolute atomic E-state index is 13.3. The molecule has 0 bridgehead atoms. The Morgan fingerprint density at radius 3 is 2.33 bits per heavy atom. The third-order valence-corrected chi connectivity index (χ3v) is 6.67. The molecule has 0 aliphatic rings. The fourth-order valence-electron chi connectivity index (χ4n) is 4.28. The van der Waals surface area contributed by atoms with Gasteiger partial charge >= 0.3 is 12.1 Å². The summed E-state index contributed by atoms with van der Waals surface area (Å²) >= 11 is 0. The van der Waals surface area contributed by atoms with Gasteiger partial charge in [-0.3, -0.25) is 19.4 Å². The molecule has 2 atom stereocenters. The molecule has 0 radical (unpaired) electrons. The lowest BCUT2D eigenvalue weighted by Crippen LogP contribution is -2.46. The third-order valence-electron chi connectivity index (χ3n) is 6.67. The van der Waals surface area contributed by atoms with Crippen molar-refractivity contribution in [2.75, 3.05) is 5.32 Å². The van der Waals surface area contributed by atoms with Crippen molar-refractivity contribution in [2.24, 2.45) is 5.92 Å². The number of benzene rings is 3. The van der Waals surface area contributed by atoms with Gasteiger partial charge in [-0.15, -0.1) is 0 Å². The van der Waals surface area contributed by atoms with Gasteiger partial charge in [0, 0.05) is 23.2 Å². The molecule has 7 nitrogen and oxygen atoms in total. The molecule has 0 aliphatic carbocycles. The van der Waals surface area contributed by atoms with Gasteiger partial charge in [-0.25, -0.2) is 0 Å². The molecule has 2 amide bonds. The van der Waals surface area contributed by atoms with Crippen LogP contribution in [0.25, 0.3) is 10.9 Å². The quantitative estimate of drug-likeness (QED) is 0.211. The van der Waals surface area contributed by atoms with Gasteiger partial charge in [0.15, 0.2) is 0 Å². The van der Waals surface area contributed by atoms with Crippen LogP contribution in [0.15, 0.2) is 91.1 Å². The second kappa shape index (κ2) is 13.8. The number of pyridine rings is 1. The molecule has 4 rings (SSSR count). The number of aromatic nitrogens is 1. The molecule has 0 spiro atoms. The number of carbonyl (C=O) groups is 3. The van der Waals surface area contributed by atoms with Crippen LogP contribution in [-0.2, 0) is 38.3 Å². The maximum Gasteiger partial charge on any atom is 0.416 e. The van der Waals surface area contributed by atoms with E-state index in [0.29, 0.717) is 11.3 Å². The van der Waals surface area contributed by atoms with Gasteiger partial charge in [-0.1, -0.05) is 55.5 Å². The van der Waals surface area contributed by atoms with E-state index in [4.69, 9.17) is 4.74 Å². The number of hydrogen-bond donors (Lipinski definition) is 2. The number of esters is 1. The van der Waals surface area contributed by atoms with Crippen LogP contribution in [0.2, 0.25) is 0 Å². The fourth-order valence-corrected chi connectivity index (χ4v) is 4.28. The van der Waals surface area contributed by atoms with Crippen molar-refractivity contribution < 1.29 is 32.3 Å². The van der Waals surface area contributed by atoms with Gasteiger partial charge in [0.25, 0.3) is 0 Å². The predicted molar refractivity (Wildman–Crippen MR) is 152 cm³/mol. The summed E-state index contributed by atoms with van der Waals surface area (Å²) in [5.74, 6) is -2.38. The second-order valence-corrected chi connectivity index (χ2v) is 9.95. The van der Waals surface area contributed by atoms with Crippen molar-refractivity contribution in [2.45, 2.75) is 45.0 Å². The topological polar surface area (TPSA) is 97.4 Å². The summed E-state index contributed by atoms with van der Waals surface area (Å²) in [5, 5.41) is 6.32. The first-order valence-corrected chi connectivity index (χ1v) is 13.4. The van der Waals surface area contributed by atoms with E-state index in [0.717, 1.165) is 28.6 Å². The highest BCUT2D eigenvalue weighted by Gasteiger charge is 2.30. The minimum atomic E-state index is -4.46. The number of ether oxygens (including phenoxy) is 1. The zero-order valence-electron chi connectivity index (χ0n) is 22.9. The summed E-state index contributed by atoms with van der Waals surface area (Å²) < 4.78 is 44.1. The smallest absolute Gasteiger partial charge is 0.416 e. The molecule has 2 unspecified atom stereocenters. The largest absolute Gasteiger partial charge is 0.461 e. The van der Waals surface area contributed by atoms with E-state index in [2.05, 4.69) is 15.6 Å². The Kier molecular flexibility index (Phi) is 9.90. The van der Waals surface area contributed by atoms with Gasteiger partial charge in [0.1, 0.15) is 12.6 Å². The normalized spacial score (nSPS) is 12.8. The van der Waals surface area contributed by atoms with Crippen molar-refractivity contribution in [3.8, 4) is 0 Å². The molecule has 42 heavy (non-hydrogen) atoms. The number of hydrogen-bond acceptors (Lipinski definition) is 5. The number of nitrogens with zero attached hydrogens (tertiary/aromatic N) is 1. The van der Waals surface area contributed by atoms with Crippen LogP contribution in [0.5, 0.6) is 0 Å². The Bertz CT molecular complexity index is 1530.